The maximum atomic E-state index is 13.1. The number of carbonyl (C=O) groups excluding carboxylic acids is 2. The SMILES string of the molecule is O=C1S/C(=C\c2ccc(OCc3ccccc3Cl)c(Br)c2)C(=O)N1Cc1cccc2ccccc12. The van der Waals surface area contributed by atoms with Crippen molar-refractivity contribution in [2.24, 2.45) is 0 Å². The second-order valence-corrected chi connectivity index (χ2v) is 10.2. The third kappa shape index (κ3) is 5.15. The molecule has 0 N–H and O–H groups in total. The number of hydrogen-bond donors (Lipinski definition) is 0. The molecule has 1 saturated heterocycles. The number of ether oxygens (including phenoxy) is 1. The van der Waals surface area contributed by atoms with Crippen LogP contribution in [0.15, 0.2) is 94.3 Å². The average Bonchev–Trinajstić information content (AvgIpc) is 3.12. The van der Waals surface area contributed by atoms with Crippen LogP contribution in [-0.4, -0.2) is 16.0 Å². The number of carbonyl (C=O) groups is 2. The van der Waals surface area contributed by atoms with Gasteiger partial charge in [0, 0.05) is 10.6 Å². The first kappa shape index (κ1) is 23.7. The van der Waals surface area contributed by atoms with E-state index in [4.69, 9.17) is 16.3 Å². The van der Waals surface area contributed by atoms with Gasteiger partial charge in [-0.05, 0) is 73.9 Å². The maximum absolute atomic E-state index is 13.1. The summed E-state index contributed by atoms with van der Waals surface area (Å²) in [5.41, 5.74) is 2.62. The molecule has 1 aliphatic rings. The molecule has 0 atom stereocenters. The number of fused-ring (bicyclic) bond motifs is 1. The van der Waals surface area contributed by atoms with Gasteiger partial charge in [-0.3, -0.25) is 14.5 Å². The molecule has 174 valence electrons. The summed E-state index contributed by atoms with van der Waals surface area (Å²) in [6.07, 6.45) is 1.73. The second kappa shape index (κ2) is 10.3. The molecule has 35 heavy (non-hydrogen) atoms. The van der Waals surface area contributed by atoms with Crippen molar-refractivity contribution in [3.63, 3.8) is 0 Å². The minimum absolute atomic E-state index is 0.238. The normalized spacial score (nSPS) is 14.8. The Morgan fingerprint density at radius 2 is 1.66 bits per heavy atom. The van der Waals surface area contributed by atoms with Crippen LogP contribution in [0.1, 0.15) is 16.7 Å². The third-order valence-electron chi connectivity index (χ3n) is 5.68. The zero-order valence-corrected chi connectivity index (χ0v) is 21.6. The topological polar surface area (TPSA) is 46.6 Å². The van der Waals surface area contributed by atoms with Crippen molar-refractivity contribution in [1.29, 1.82) is 0 Å². The molecule has 1 aliphatic heterocycles. The van der Waals surface area contributed by atoms with Gasteiger partial charge < -0.3 is 4.74 Å². The summed E-state index contributed by atoms with van der Waals surface area (Å²) in [6.45, 7) is 0.576. The fraction of sp³-hybridized carbons (Fsp3) is 0.0714. The lowest BCUT2D eigenvalue weighted by molar-refractivity contribution is -0.123. The zero-order chi connectivity index (χ0) is 24.4. The van der Waals surface area contributed by atoms with Gasteiger partial charge in [0.1, 0.15) is 12.4 Å². The number of amides is 2. The molecule has 0 saturated carbocycles. The minimum atomic E-state index is -0.289. The highest BCUT2D eigenvalue weighted by atomic mass is 79.9. The van der Waals surface area contributed by atoms with Gasteiger partial charge in [0.05, 0.1) is 15.9 Å². The van der Waals surface area contributed by atoms with Crippen molar-refractivity contribution in [3.05, 3.63) is 116 Å². The summed E-state index contributed by atoms with van der Waals surface area (Å²) in [5.74, 6) is 0.370. The van der Waals surface area contributed by atoms with Crippen molar-refractivity contribution in [2.75, 3.05) is 0 Å². The first-order chi connectivity index (χ1) is 17.0. The molecule has 2 amide bonds. The molecule has 1 fully saturated rings. The molecule has 4 aromatic rings. The zero-order valence-electron chi connectivity index (χ0n) is 18.4. The highest BCUT2D eigenvalue weighted by molar-refractivity contribution is 9.10. The molecule has 0 radical (unpaired) electrons. The lowest BCUT2D eigenvalue weighted by atomic mass is 10.0. The van der Waals surface area contributed by atoms with Gasteiger partial charge in [-0.15, -0.1) is 0 Å². The van der Waals surface area contributed by atoms with Gasteiger partial charge in [0.15, 0.2) is 0 Å². The molecule has 0 bridgehead atoms. The van der Waals surface area contributed by atoms with Crippen molar-refractivity contribution in [3.8, 4) is 5.75 Å². The molecule has 0 aliphatic carbocycles. The molecular formula is C28H19BrClNO3S. The Bertz CT molecular complexity index is 1480. The molecule has 0 aromatic heterocycles. The van der Waals surface area contributed by atoms with E-state index in [1.807, 2.05) is 84.9 Å². The predicted molar refractivity (Wildman–Crippen MR) is 145 cm³/mol. The summed E-state index contributed by atoms with van der Waals surface area (Å²) in [7, 11) is 0. The largest absolute Gasteiger partial charge is 0.488 e. The summed E-state index contributed by atoms with van der Waals surface area (Å²) >= 11 is 10.7. The fourth-order valence-corrected chi connectivity index (χ4v) is 5.42. The molecule has 0 unspecified atom stereocenters. The maximum Gasteiger partial charge on any atom is 0.293 e. The number of nitrogens with zero attached hydrogens (tertiary/aromatic N) is 1. The van der Waals surface area contributed by atoms with Crippen LogP contribution in [0.25, 0.3) is 16.8 Å². The van der Waals surface area contributed by atoms with Gasteiger partial charge in [0.25, 0.3) is 11.1 Å². The van der Waals surface area contributed by atoms with Crippen LogP contribution < -0.4 is 4.74 Å². The lowest BCUT2D eigenvalue weighted by Gasteiger charge is -2.14. The Morgan fingerprint density at radius 3 is 2.49 bits per heavy atom. The van der Waals surface area contributed by atoms with E-state index in [9.17, 15) is 9.59 Å². The lowest BCUT2D eigenvalue weighted by Crippen LogP contribution is -2.27. The molecule has 7 heteroatoms. The number of imide groups is 1. The molecule has 4 nitrogen and oxygen atoms in total. The van der Waals surface area contributed by atoms with E-state index in [-0.39, 0.29) is 17.7 Å². The molecule has 4 aromatic carbocycles. The van der Waals surface area contributed by atoms with Gasteiger partial charge in [-0.1, -0.05) is 78.3 Å². The van der Waals surface area contributed by atoms with Crippen LogP contribution in [0.3, 0.4) is 0 Å². The van der Waals surface area contributed by atoms with E-state index in [0.29, 0.717) is 22.3 Å². The van der Waals surface area contributed by atoms with E-state index in [0.717, 1.165) is 43.7 Å². The van der Waals surface area contributed by atoms with Crippen LogP contribution in [0.2, 0.25) is 5.02 Å². The Morgan fingerprint density at radius 1 is 0.914 bits per heavy atom. The van der Waals surface area contributed by atoms with Crippen molar-refractivity contribution < 1.29 is 14.3 Å². The number of hydrogen-bond acceptors (Lipinski definition) is 4. The molecule has 1 heterocycles. The smallest absolute Gasteiger partial charge is 0.293 e. The average molecular weight is 565 g/mol. The predicted octanol–water partition coefficient (Wildman–Crippen LogP) is 8.07. The quantitative estimate of drug-likeness (QED) is 0.222. The van der Waals surface area contributed by atoms with Gasteiger partial charge >= 0.3 is 0 Å². The highest BCUT2D eigenvalue weighted by Crippen LogP contribution is 2.35. The molecule has 5 rings (SSSR count). The van der Waals surface area contributed by atoms with E-state index in [1.54, 1.807) is 6.08 Å². The number of rotatable bonds is 6. The van der Waals surface area contributed by atoms with Crippen molar-refractivity contribution >= 4 is 67.3 Å². The highest BCUT2D eigenvalue weighted by Gasteiger charge is 2.35. The first-order valence-corrected chi connectivity index (χ1v) is 12.9. The monoisotopic (exact) mass is 563 g/mol. The summed E-state index contributed by atoms with van der Waals surface area (Å²) in [6, 6.07) is 26.9. The third-order valence-corrected chi connectivity index (χ3v) is 7.57. The Balaban J connectivity index is 1.31. The van der Waals surface area contributed by atoms with Crippen LogP contribution in [-0.2, 0) is 17.9 Å². The Kier molecular flexibility index (Phi) is 6.95. The summed E-state index contributed by atoms with van der Waals surface area (Å²) < 4.78 is 6.64. The van der Waals surface area contributed by atoms with Gasteiger partial charge in [0.2, 0.25) is 0 Å². The number of thioether (sulfide) groups is 1. The van der Waals surface area contributed by atoms with E-state index in [2.05, 4.69) is 15.9 Å². The Hall–Kier alpha value is -3.06. The van der Waals surface area contributed by atoms with E-state index in [1.165, 1.54) is 4.90 Å². The molecule has 0 spiro atoms. The standard InChI is InChI=1S/C28H19BrClNO3S/c29-23-14-18(12-13-25(23)34-17-21-7-2-4-11-24(21)30)15-26-27(32)31(28(33)35-26)16-20-9-5-8-19-6-1-3-10-22(19)20/h1-15H,16-17H2/b26-15-. The van der Waals surface area contributed by atoms with Crippen LogP contribution in [0.5, 0.6) is 5.75 Å². The van der Waals surface area contributed by atoms with Gasteiger partial charge in [-0.2, -0.15) is 0 Å². The van der Waals surface area contributed by atoms with Crippen molar-refractivity contribution in [2.45, 2.75) is 13.2 Å². The van der Waals surface area contributed by atoms with Crippen LogP contribution >= 0.6 is 39.3 Å². The summed E-state index contributed by atoms with van der Waals surface area (Å²) in [4.78, 5) is 27.4. The van der Waals surface area contributed by atoms with Gasteiger partial charge in [-0.25, -0.2) is 0 Å². The number of benzene rings is 4. The van der Waals surface area contributed by atoms with E-state index < -0.39 is 0 Å². The Labute approximate surface area is 220 Å². The van der Waals surface area contributed by atoms with Crippen molar-refractivity contribution in [1.82, 2.24) is 4.90 Å². The van der Waals surface area contributed by atoms with Crippen LogP contribution in [0.4, 0.5) is 4.79 Å². The molecular weight excluding hydrogens is 546 g/mol. The second-order valence-electron chi connectivity index (χ2n) is 7.98. The summed E-state index contributed by atoms with van der Waals surface area (Å²) in [5, 5.41) is 2.50. The van der Waals surface area contributed by atoms with E-state index >= 15 is 0 Å². The van der Waals surface area contributed by atoms with Crippen LogP contribution in [0, 0.1) is 0 Å². The fourth-order valence-electron chi connectivity index (χ4n) is 3.88. The number of halogens is 2. The first-order valence-electron chi connectivity index (χ1n) is 10.9. The minimum Gasteiger partial charge on any atom is -0.488 e.